The second kappa shape index (κ2) is 7.58. The molecule has 8 heteroatoms. The summed E-state index contributed by atoms with van der Waals surface area (Å²) in [6.07, 6.45) is 6.57. The number of pyridine rings is 1. The molecule has 0 saturated carbocycles. The second-order valence-electron chi connectivity index (χ2n) is 7.38. The molecule has 5 aromatic rings. The molecule has 7 nitrogen and oxygen atoms in total. The van der Waals surface area contributed by atoms with Crippen LogP contribution >= 0.6 is 0 Å². The van der Waals surface area contributed by atoms with E-state index in [1.54, 1.807) is 42.7 Å². The summed E-state index contributed by atoms with van der Waals surface area (Å²) in [6.45, 7) is 1.53. The van der Waals surface area contributed by atoms with Gasteiger partial charge >= 0.3 is 0 Å². The van der Waals surface area contributed by atoms with Crippen LogP contribution in [0, 0.1) is 0 Å². The highest BCUT2D eigenvalue weighted by Crippen LogP contribution is 2.31. The standard InChI is InChI=1S/C24H18N4O3S/c1-16(29)17-7-9-18(10-8-17)19-11-22-23(14-26-24(22)25-12-19)20-13-27-28(15-20)32(30,31)21-5-3-2-4-6-21/h2-15H,1H3,(H,25,26). The predicted octanol–water partition coefficient (Wildman–Crippen LogP) is 4.53. The number of nitrogens with zero attached hydrogens (tertiary/aromatic N) is 3. The third kappa shape index (κ3) is 3.40. The summed E-state index contributed by atoms with van der Waals surface area (Å²) in [5.74, 6) is 0.0144. The van der Waals surface area contributed by atoms with Crippen LogP contribution in [0.2, 0.25) is 0 Å². The van der Waals surface area contributed by atoms with Crippen LogP contribution < -0.4 is 0 Å². The zero-order valence-corrected chi connectivity index (χ0v) is 17.9. The highest BCUT2D eigenvalue weighted by molar-refractivity contribution is 7.89. The molecule has 1 N–H and O–H groups in total. The van der Waals surface area contributed by atoms with E-state index in [4.69, 9.17) is 0 Å². The van der Waals surface area contributed by atoms with Gasteiger partial charge in [-0.3, -0.25) is 4.79 Å². The van der Waals surface area contributed by atoms with Crippen LogP contribution in [-0.2, 0) is 10.0 Å². The molecule has 0 radical (unpaired) electrons. The summed E-state index contributed by atoms with van der Waals surface area (Å²) < 4.78 is 26.7. The van der Waals surface area contributed by atoms with Gasteiger partial charge in [-0.05, 0) is 30.7 Å². The van der Waals surface area contributed by atoms with E-state index in [1.807, 2.05) is 18.2 Å². The SMILES string of the molecule is CC(=O)c1ccc(-c2cnc3[nH]cc(-c4cnn(S(=O)(=O)c5ccccc5)c4)c3c2)cc1. The number of hydrogen-bond donors (Lipinski definition) is 1. The quantitative estimate of drug-likeness (QED) is 0.403. The molecule has 0 fully saturated rings. The molecule has 0 aliphatic rings. The van der Waals surface area contributed by atoms with E-state index in [9.17, 15) is 13.2 Å². The Morgan fingerprint density at radius 1 is 0.938 bits per heavy atom. The Labute approximate surface area is 184 Å². The van der Waals surface area contributed by atoms with Crippen molar-refractivity contribution in [2.75, 3.05) is 0 Å². The van der Waals surface area contributed by atoms with E-state index in [0.717, 1.165) is 26.2 Å². The van der Waals surface area contributed by atoms with Crippen molar-refractivity contribution in [1.82, 2.24) is 19.2 Å². The Kier molecular flexibility index (Phi) is 4.71. The van der Waals surface area contributed by atoms with E-state index in [2.05, 4.69) is 15.1 Å². The maximum absolute atomic E-state index is 12.9. The zero-order chi connectivity index (χ0) is 22.3. The van der Waals surface area contributed by atoms with Crippen LogP contribution in [0.4, 0.5) is 0 Å². The van der Waals surface area contributed by atoms with Gasteiger partial charge in [-0.15, -0.1) is 0 Å². The van der Waals surface area contributed by atoms with Gasteiger partial charge in [0.1, 0.15) is 5.65 Å². The van der Waals surface area contributed by atoms with Crippen molar-refractivity contribution >= 4 is 26.8 Å². The minimum Gasteiger partial charge on any atom is -0.346 e. The lowest BCUT2D eigenvalue weighted by molar-refractivity contribution is 0.101. The van der Waals surface area contributed by atoms with Gasteiger partial charge < -0.3 is 4.98 Å². The normalized spacial score (nSPS) is 11.7. The molecule has 5 rings (SSSR count). The van der Waals surface area contributed by atoms with Crippen LogP contribution in [0.15, 0.2) is 90.3 Å². The number of H-pyrrole nitrogens is 1. The molecule has 0 amide bonds. The topological polar surface area (TPSA) is 97.7 Å². The van der Waals surface area contributed by atoms with E-state index in [0.29, 0.717) is 16.8 Å². The van der Waals surface area contributed by atoms with Gasteiger partial charge in [-0.25, -0.2) is 4.98 Å². The summed E-state index contributed by atoms with van der Waals surface area (Å²) in [5, 5.41) is 4.94. The summed E-state index contributed by atoms with van der Waals surface area (Å²) in [4.78, 5) is 19.3. The molecule has 158 valence electrons. The number of nitrogens with one attached hydrogen (secondary N) is 1. The van der Waals surface area contributed by atoms with E-state index in [-0.39, 0.29) is 10.7 Å². The Balaban J connectivity index is 1.54. The fraction of sp³-hybridized carbons (Fsp3) is 0.0417. The Morgan fingerprint density at radius 2 is 1.69 bits per heavy atom. The lowest BCUT2D eigenvalue weighted by atomic mass is 10.0. The number of benzene rings is 2. The van der Waals surface area contributed by atoms with Gasteiger partial charge in [-0.2, -0.15) is 17.6 Å². The first-order valence-electron chi connectivity index (χ1n) is 9.88. The first kappa shape index (κ1) is 19.9. The minimum atomic E-state index is -3.77. The lowest BCUT2D eigenvalue weighted by Gasteiger charge is -2.04. The van der Waals surface area contributed by atoms with Crippen molar-refractivity contribution in [1.29, 1.82) is 0 Å². The van der Waals surface area contributed by atoms with E-state index in [1.165, 1.54) is 31.5 Å². The number of ketones is 1. The van der Waals surface area contributed by atoms with Gasteiger partial charge in [0, 0.05) is 40.0 Å². The summed E-state index contributed by atoms with van der Waals surface area (Å²) in [5.41, 5.74) is 4.60. The number of rotatable bonds is 5. The zero-order valence-electron chi connectivity index (χ0n) is 17.1. The number of fused-ring (bicyclic) bond motifs is 1. The summed E-state index contributed by atoms with van der Waals surface area (Å²) in [7, 11) is -3.77. The lowest BCUT2D eigenvalue weighted by Crippen LogP contribution is -2.13. The van der Waals surface area contributed by atoms with Gasteiger partial charge in [0.2, 0.25) is 0 Å². The second-order valence-corrected chi connectivity index (χ2v) is 9.17. The van der Waals surface area contributed by atoms with Crippen LogP contribution in [0.3, 0.4) is 0 Å². The molecule has 0 bridgehead atoms. The van der Waals surface area contributed by atoms with E-state index < -0.39 is 10.0 Å². The van der Waals surface area contributed by atoms with Gasteiger partial charge in [0.15, 0.2) is 5.78 Å². The van der Waals surface area contributed by atoms with Crippen molar-refractivity contribution < 1.29 is 13.2 Å². The molecule has 0 spiro atoms. The smallest absolute Gasteiger partial charge is 0.282 e. The van der Waals surface area contributed by atoms with Gasteiger partial charge in [-0.1, -0.05) is 42.5 Å². The molecule has 3 aromatic heterocycles. The third-order valence-electron chi connectivity index (χ3n) is 5.31. The number of hydrogen-bond acceptors (Lipinski definition) is 5. The molecule has 0 aliphatic heterocycles. The average Bonchev–Trinajstić information content (AvgIpc) is 3.47. The fourth-order valence-electron chi connectivity index (χ4n) is 3.57. The first-order valence-corrected chi connectivity index (χ1v) is 11.3. The largest absolute Gasteiger partial charge is 0.346 e. The fourth-order valence-corrected chi connectivity index (χ4v) is 4.71. The van der Waals surface area contributed by atoms with Crippen molar-refractivity contribution in [2.24, 2.45) is 0 Å². The number of aromatic amines is 1. The van der Waals surface area contributed by atoms with Gasteiger partial charge in [0.25, 0.3) is 10.0 Å². The molecule has 0 saturated heterocycles. The van der Waals surface area contributed by atoms with Gasteiger partial charge in [0.05, 0.1) is 17.3 Å². The Bertz CT molecular complexity index is 1550. The maximum Gasteiger partial charge on any atom is 0.282 e. The molecule has 0 unspecified atom stereocenters. The highest BCUT2D eigenvalue weighted by Gasteiger charge is 2.19. The third-order valence-corrected chi connectivity index (χ3v) is 6.87. The van der Waals surface area contributed by atoms with Crippen molar-refractivity contribution in [2.45, 2.75) is 11.8 Å². The van der Waals surface area contributed by atoms with Crippen molar-refractivity contribution in [3.8, 4) is 22.3 Å². The van der Waals surface area contributed by atoms with Crippen LogP contribution in [0.1, 0.15) is 17.3 Å². The number of carbonyl (C=O) groups excluding carboxylic acids is 1. The average molecular weight is 443 g/mol. The van der Waals surface area contributed by atoms with Crippen molar-refractivity contribution in [3.63, 3.8) is 0 Å². The minimum absolute atomic E-state index is 0.0144. The van der Waals surface area contributed by atoms with Crippen LogP contribution in [0.25, 0.3) is 33.3 Å². The molecule has 0 aliphatic carbocycles. The van der Waals surface area contributed by atoms with Crippen LogP contribution in [-0.4, -0.2) is 33.4 Å². The molecule has 3 heterocycles. The number of carbonyl (C=O) groups is 1. The Hall–Kier alpha value is -4.04. The molecular formula is C24H18N4O3S. The van der Waals surface area contributed by atoms with Crippen molar-refractivity contribution in [3.05, 3.63) is 91.0 Å². The van der Waals surface area contributed by atoms with E-state index >= 15 is 0 Å². The Morgan fingerprint density at radius 3 is 2.41 bits per heavy atom. The first-order chi connectivity index (χ1) is 15.4. The summed E-state index contributed by atoms with van der Waals surface area (Å²) >= 11 is 0. The number of aromatic nitrogens is 4. The predicted molar refractivity (Wildman–Crippen MR) is 122 cm³/mol. The molecule has 32 heavy (non-hydrogen) atoms. The number of Topliss-reactive ketones (excluding diaryl/α,β-unsaturated/α-hetero) is 1. The molecule has 0 atom stereocenters. The molecule has 2 aromatic carbocycles. The molecular weight excluding hydrogens is 424 g/mol. The summed E-state index contributed by atoms with van der Waals surface area (Å²) in [6, 6.07) is 17.5. The maximum atomic E-state index is 12.9. The highest BCUT2D eigenvalue weighted by atomic mass is 32.2. The monoisotopic (exact) mass is 442 g/mol. The van der Waals surface area contributed by atoms with Crippen LogP contribution in [0.5, 0.6) is 0 Å².